The average molecular weight is 311 g/mol. The quantitative estimate of drug-likeness (QED) is 0.849. The van der Waals surface area contributed by atoms with Gasteiger partial charge in [-0.15, -0.1) is 0 Å². The van der Waals surface area contributed by atoms with Crippen molar-refractivity contribution < 1.29 is 12.8 Å². The van der Waals surface area contributed by atoms with Gasteiger partial charge in [0.05, 0.1) is 21.4 Å². The number of sulfone groups is 1. The highest BCUT2D eigenvalue weighted by Gasteiger charge is 2.28. The highest BCUT2D eigenvalue weighted by Crippen LogP contribution is 2.16. The maximum Gasteiger partial charge on any atom is 0.422 e. The van der Waals surface area contributed by atoms with Gasteiger partial charge in [0, 0.05) is 6.54 Å². The van der Waals surface area contributed by atoms with Crippen molar-refractivity contribution in [1.29, 1.82) is 0 Å². The Morgan fingerprint density at radius 3 is 2.38 bits per heavy atom. The van der Waals surface area contributed by atoms with Crippen LogP contribution < -0.4 is 11.4 Å². The fourth-order valence-corrected chi connectivity index (χ4v) is 2.93. The van der Waals surface area contributed by atoms with Crippen molar-refractivity contribution in [3.8, 4) is 0 Å². The summed E-state index contributed by atoms with van der Waals surface area (Å²) in [4.78, 5) is 23.4. The van der Waals surface area contributed by atoms with E-state index in [-0.39, 0.29) is 17.7 Å². The average Bonchev–Trinajstić information content (AvgIpc) is 2.37. The predicted molar refractivity (Wildman–Crippen MR) is 80.3 cm³/mol. The van der Waals surface area contributed by atoms with E-state index < -0.39 is 26.0 Å². The van der Waals surface area contributed by atoms with E-state index in [1.165, 1.54) is 10.6 Å². The molecule has 0 bridgehead atoms. The smallest absolute Gasteiger partial charge is 0.372 e. The number of para-hydroxylation sites is 1. The van der Waals surface area contributed by atoms with Crippen LogP contribution in [0.1, 0.15) is 20.8 Å². The Hall–Kier alpha value is -1.89. The highest BCUT2D eigenvalue weighted by molar-refractivity contribution is 7.92. The van der Waals surface area contributed by atoms with Crippen LogP contribution in [0, 0.1) is 0 Å². The van der Waals surface area contributed by atoms with Gasteiger partial charge in [-0.05, 0) is 32.9 Å². The minimum absolute atomic E-state index is 0.0528. The SMILES string of the molecule is CC(C)(C)S(=O)(=O)CCn1c(=O)oc(=O)c2ccccc21. The molecule has 0 saturated heterocycles. The van der Waals surface area contributed by atoms with Gasteiger partial charge < -0.3 is 4.42 Å². The summed E-state index contributed by atoms with van der Waals surface area (Å²) in [5, 5.41) is 0.255. The molecule has 0 fully saturated rings. The third-order valence-electron chi connectivity index (χ3n) is 3.33. The molecular formula is C14H17NO5S. The number of benzene rings is 1. The number of aromatic nitrogens is 1. The molecule has 2 rings (SSSR count). The molecule has 0 N–H and O–H groups in total. The first-order chi connectivity index (χ1) is 9.63. The Bertz CT molecular complexity index is 884. The van der Waals surface area contributed by atoms with Crippen molar-refractivity contribution in [2.24, 2.45) is 0 Å². The third kappa shape index (κ3) is 2.92. The van der Waals surface area contributed by atoms with Crippen molar-refractivity contribution in [3.63, 3.8) is 0 Å². The van der Waals surface area contributed by atoms with Gasteiger partial charge in [0.1, 0.15) is 0 Å². The van der Waals surface area contributed by atoms with Crippen LogP contribution in [0.2, 0.25) is 0 Å². The molecule has 6 nitrogen and oxygen atoms in total. The Morgan fingerprint density at radius 2 is 1.76 bits per heavy atom. The lowest BCUT2D eigenvalue weighted by Gasteiger charge is -2.19. The molecule has 0 aliphatic heterocycles. The third-order valence-corrected chi connectivity index (χ3v) is 5.92. The van der Waals surface area contributed by atoms with Crippen LogP contribution >= 0.6 is 0 Å². The molecule has 0 radical (unpaired) electrons. The summed E-state index contributed by atoms with van der Waals surface area (Å²) in [5.74, 6) is -1.04. The number of fused-ring (bicyclic) bond motifs is 1. The van der Waals surface area contributed by atoms with Crippen LogP contribution in [0.5, 0.6) is 0 Å². The topological polar surface area (TPSA) is 86.3 Å². The molecule has 1 aromatic heterocycles. The van der Waals surface area contributed by atoms with E-state index in [1.807, 2.05) is 0 Å². The molecule has 0 spiro atoms. The van der Waals surface area contributed by atoms with E-state index in [1.54, 1.807) is 39.0 Å². The monoisotopic (exact) mass is 311 g/mol. The van der Waals surface area contributed by atoms with Gasteiger partial charge in [0.2, 0.25) is 0 Å². The molecule has 0 atom stereocenters. The van der Waals surface area contributed by atoms with Gasteiger partial charge in [-0.2, -0.15) is 0 Å². The summed E-state index contributed by atoms with van der Waals surface area (Å²) < 4.78 is 29.2. The number of hydrogen-bond acceptors (Lipinski definition) is 5. The molecule has 7 heteroatoms. The zero-order chi connectivity index (χ0) is 15.8. The second-order valence-electron chi connectivity index (χ2n) is 5.76. The lowest BCUT2D eigenvalue weighted by Crippen LogP contribution is -2.34. The number of rotatable bonds is 3. The maximum absolute atomic E-state index is 12.1. The van der Waals surface area contributed by atoms with Gasteiger partial charge in [0.15, 0.2) is 9.84 Å². The summed E-state index contributed by atoms with van der Waals surface area (Å²) in [6, 6.07) is 6.46. The van der Waals surface area contributed by atoms with Crippen LogP contribution in [0.25, 0.3) is 10.9 Å². The second-order valence-corrected chi connectivity index (χ2v) is 8.62. The van der Waals surface area contributed by atoms with Crippen molar-refractivity contribution in [1.82, 2.24) is 4.57 Å². The first kappa shape index (κ1) is 15.5. The number of aryl methyl sites for hydroxylation is 1. The molecule has 1 heterocycles. The molecule has 2 aromatic rings. The Morgan fingerprint density at radius 1 is 1.14 bits per heavy atom. The highest BCUT2D eigenvalue weighted by atomic mass is 32.2. The summed E-state index contributed by atoms with van der Waals surface area (Å²) in [6.45, 7) is 4.76. The van der Waals surface area contributed by atoms with Crippen LogP contribution in [0.15, 0.2) is 38.3 Å². The normalized spacial score (nSPS) is 12.7. The summed E-state index contributed by atoms with van der Waals surface area (Å²) in [7, 11) is -3.37. The van der Waals surface area contributed by atoms with Crippen LogP contribution in [0.3, 0.4) is 0 Å². The maximum atomic E-state index is 12.1. The largest absolute Gasteiger partial charge is 0.422 e. The number of nitrogens with zero attached hydrogens (tertiary/aromatic N) is 1. The fraction of sp³-hybridized carbons (Fsp3) is 0.429. The van der Waals surface area contributed by atoms with E-state index in [2.05, 4.69) is 4.42 Å². The second kappa shape index (κ2) is 5.14. The van der Waals surface area contributed by atoms with E-state index in [9.17, 15) is 18.0 Å². The molecule has 0 unspecified atom stereocenters. The van der Waals surface area contributed by atoms with Crippen LogP contribution in [0.4, 0.5) is 0 Å². The fourth-order valence-electron chi connectivity index (χ4n) is 1.90. The first-order valence-electron chi connectivity index (χ1n) is 6.48. The lowest BCUT2D eigenvalue weighted by atomic mass is 10.2. The molecule has 114 valence electrons. The standard InChI is InChI=1S/C14H17NO5S/c1-14(2,3)21(18,19)9-8-15-11-7-5-4-6-10(11)12(16)20-13(15)17/h4-7H,8-9H2,1-3H3. The van der Waals surface area contributed by atoms with Crippen LogP contribution in [-0.4, -0.2) is 23.5 Å². The molecule has 0 amide bonds. The Balaban J connectivity index is 2.50. The first-order valence-corrected chi connectivity index (χ1v) is 8.14. The molecule has 21 heavy (non-hydrogen) atoms. The molecular weight excluding hydrogens is 294 g/mol. The van der Waals surface area contributed by atoms with Crippen LogP contribution in [-0.2, 0) is 16.4 Å². The van der Waals surface area contributed by atoms with Gasteiger partial charge in [-0.3, -0.25) is 4.57 Å². The minimum atomic E-state index is -3.37. The van der Waals surface area contributed by atoms with Crippen molar-refractivity contribution in [3.05, 3.63) is 45.2 Å². The molecule has 0 aliphatic rings. The van der Waals surface area contributed by atoms with Gasteiger partial charge in [-0.25, -0.2) is 18.0 Å². The Labute approximate surface area is 121 Å². The van der Waals surface area contributed by atoms with E-state index in [4.69, 9.17) is 0 Å². The Kier molecular flexibility index (Phi) is 3.79. The number of hydrogen-bond donors (Lipinski definition) is 0. The predicted octanol–water partition coefficient (Wildman–Crippen LogP) is 1.17. The van der Waals surface area contributed by atoms with E-state index >= 15 is 0 Å². The van der Waals surface area contributed by atoms with E-state index in [0.29, 0.717) is 5.52 Å². The molecule has 0 saturated carbocycles. The van der Waals surface area contributed by atoms with Gasteiger partial charge in [0.25, 0.3) is 0 Å². The van der Waals surface area contributed by atoms with Gasteiger partial charge in [-0.1, -0.05) is 12.1 Å². The zero-order valence-electron chi connectivity index (χ0n) is 12.1. The lowest BCUT2D eigenvalue weighted by molar-refractivity contribution is 0.421. The van der Waals surface area contributed by atoms with Crippen molar-refractivity contribution in [2.75, 3.05) is 5.75 Å². The summed E-state index contributed by atoms with van der Waals surface area (Å²) >= 11 is 0. The van der Waals surface area contributed by atoms with Crippen molar-refractivity contribution >= 4 is 20.7 Å². The summed E-state index contributed by atoms with van der Waals surface area (Å²) in [6.07, 6.45) is 0. The molecule has 0 aliphatic carbocycles. The van der Waals surface area contributed by atoms with Gasteiger partial charge >= 0.3 is 11.4 Å². The van der Waals surface area contributed by atoms with Crippen molar-refractivity contribution in [2.45, 2.75) is 32.1 Å². The zero-order valence-corrected chi connectivity index (χ0v) is 12.9. The summed E-state index contributed by atoms with van der Waals surface area (Å²) in [5.41, 5.74) is -0.339. The van der Waals surface area contributed by atoms with E-state index in [0.717, 1.165) is 0 Å². The minimum Gasteiger partial charge on any atom is -0.372 e. The molecule has 1 aromatic carbocycles.